The zero-order valence-corrected chi connectivity index (χ0v) is 17.6. The van der Waals surface area contributed by atoms with Gasteiger partial charge in [-0.15, -0.1) is 0 Å². The number of nitrogens with zero attached hydrogens (tertiary/aromatic N) is 2. The molecule has 0 radical (unpaired) electrons. The van der Waals surface area contributed by atoms with Gasteiger partial charge in [0.1, 0.15) is 0 Å². The van der Waals surface area contributed by atoms with Gasteiger partial charge >= 0.3 is 0 Å². The summed E-state index contributed by atoms with van der Waals surface area (Å²) in [7, 11) is 0. The Labute approximate surface area is 165 Å². The highest BCUT2D eigenvalue weighted by atomic mass is 16.2. The SMILES string of the molecule is CC(C)C(=O)N(CCC(C)C(=O)NCC1CCNCC1)CCN1CCCC1. The third-order valence-corrected chi connectivity index (χ3v) is 5.99. The molecule has 1 unspecified atom stereocenters. The molecule has 0 aromatic rings. The van der Waals surface area contributed by atoms with Crippen LogP contribution >= 0.6 is 0 Å². The van der Waals surface area contributed by atoms with Crippen molar-refractivity contribution in [2.45, 2.75) is 52.9 Å². The van der Waals surface area contributed by atoms with Gasteiger partial charge in [-0.25, -0.2) is 0 Å². The van der Waals surface area contributed by atoms with E-state index in [0.29, 0.717) is 12.5 Å². The monoisotopic (exact) mass is 380 g/mol. The van der Waals surface area contributed by atoms with Gasteiger partial charge in [0.25, 0.3) is 0 Å². The number of carbonyl (C=O) groups excluding carboxylic acids is 2. The lowest BCUT2D eigenvalue weighted by Crippen LogP contribution is -2.42. The minimum atomic E-state index is -0.0547. The fourth-order valence-electron chi connectivity index (χ4n) is 3.95. The average Bonchev–Trinajstić information content (AvgIpc) is 3.19. The van der Waals surface area contributed by atoms with Crippen LogP contribution in [0.5, 0.6) is 0 Å². The summed E-state index contributed by atoms with van der Waals surface area (Å²) in [5.41, 5.74) is 0. The lowest BCUT2D eigenvalue weighted by atomic mass is 9.97. The minimum Gasteiger partial charge on any atom is -0.356 e. The molecule has 2 saturated heterocycles. The molecule has 2 aliphatic rings. The number of hydrogen-bond donors (Lipinski definition) is 2. The third-order valence-electron chi connectivity index (χ3n) is 5.99. The Bertz CT molecular complexity index is 457. The minimum absolute atomic E-state index is 0.00706. The topological polar surface area (TPSA) is 64.7 Å². The Morgan fingerprint density at radius 3 is 2.41 bits per heavy atom. The summed E-state index contributed by atoms with van der Waals surface area (Å²) in [6, 6.07) is 0. The second-order valence-electron chi connectivity index (χ2n) is 8.66. The van der Waals surface area contributed by atoms with E-state index in [1.54, 1.807) is 0 Å². The predicted octanol–water partition coefficient (Wildman–Crippen LogP) is 1.71. The number of nitrogens with one attached hydrogen (secondary N) is 2. The summed E-state index contributed by atoms with van der Waals surface area (Å²) in [6.07, 6.45) is 5.55. The molecule has 2 heterocycles. The number of hydrogen-bond acceptors (Lipinski definition) is 4. The van der Waals surface area contributed by atoms with E-state index in [2.05, 4.69) is 15.5 Å². The Morgan fingerprint density at radius 2 is 1.78 bits per heavy atom. The molecule has 2 fully saturated rings. The maximum atomic E-state index is 12.6. The van der Waals surface area contributed by atoms with Crippen LogP contribution in [0.3, 0.4) is 0 Å². The lowest BCUT2D eigenvalue weighted by molar-refractivity contribution is -0.135. The molecule has 0 aliphatic carbocycles. The molecule has 0 saturated carbocycles. The van der Waals surface area contributed by atoms with Gasteiger partial charge in [-0.1, -0.05) is 20.8 Å². The van der Waals surface area contributed by atoms with Gasteiger partial charge in [-0.05, 0) is 64.2 Å². The quantitative estimate of drug-likeness (QED) is 0.606. The molecule has 6 nitrogen and oxygen atoms in total. The highest BCUT2D eigenvalue weighted by molar-refractivity contribution is 5.79. The average molecular weight is 381 g/mol. The van der Waals surface area contributed by atoms with Crippen LogP contribution in [-0.4, -0.2) is 74.0 Å². The van der Waals surface area contributed by atoms with Gasteiger partial charge in [0.15, 0.2) is 0 Å². The van der Waals surface area contributed by atoms with Gasteiger partial charge in [-0.3, -0.25) is 9.59 Å². The van der Waals surface area contributed by atoms with E-state index in [0.717, 1.165) is 65.1 Å². The maximum absolute atomic E-state index is 12.6. The van der Waals surface area contributed by atoms with Crippen LogP contribution in [0.1, 0.15) is 52.9 Å². The number of rotatable bonds is 10. The van der Waals surface area contributed by atoms with E-state index in [1.165, 1.54) is 12.8 Å². The van der Waals surface area contributed by atoms with Gasteiger partial charge in [-0.2, -0.15) is 0 Å². The van der Waals surface area contributed by atoms with Crippen LogP contribution in [0.4, 0.5) is 0 Å². The van der Waals surface area contributed by atoms with Crippen molar-refractivity contribution in [3.8, 4) is 0 Å². The van der Waals surface area contributed by atoms with E-state index >= 15 is 0 Å². The Morgan fingerprint density at radius 1 is 1.11 bits per heavy atom. The van der Waals surface area contributed by atoms with Gasteiger partial charge < -0.3 is 20.4 Å². The van der Waals surface area contributed by atoms with Crippen molar-refractivity contribution in [1.29, 1.82) is 0 Å². The fourth-order valence-corrected chi connectivity index (χ4v) is 3.95. The molecule has 2 amide bonds. The number of piperidine rings is 1. The number of likely N-dealkylation sites (tertiary alicyclic amines) is 1. The molecule has 0 spiro atoms. The van der Waals surface area contributed by atoms with Crippen LogP contribution in [0, 0.1) is 17.8 Å². The fraction of sp³-hybridized carbons (Fsp3) is 0.905. The number of amides is 2. The normalized spacial score (nSPS) is 20.0. The van der Waals surface area contributed by atoms with Crippen molar-refractivity contribution >= 4 is 11.8 Å². The largest absolute Gasteiger partial charge is 0.356 e. The molecule has 2 rings (SSSR count). The predicted molar refractivity (Wildman–Crippen MR) is 109 cm³/mol. The van der Waals surface area contributed by atoms with E-state index in [-0.39, 0.29) is 23.7 Å². The molecule has 2 N–H and O–H groups in total. The van der Waals surface area contributed by atoms with Gasteiger partial charge in [0, 0.05) is 38.0 Å². The summed E-state index contributed by atoms with van der Waals surface area (Å²) in [6.45, 7) is 13.5. The number of carbonyl (C=O) groups is 2. The molecular formula is C21H40N4O2. The Balaban J connectivity index is 1.73. The van der Waals surface area contributed by atoms with Crippen molar-refractivity contribution in [2.75, 3.05) is 52.4 Å². The third kappa shape index (κ3) is 7.78. The summed E-state index contributed by atoms with van der Waals surface area (Å²) in [4.78, 5) is 29.4. The van der Waals surface area contributed by atoms with E-state index < -0.39 is 0 Å². The van der Waals surface area contributed by atoms with Gasteiger partial charge in [0.2, 0.25) is 11.8 Å². The first-order valence-corrected chi connectivity index (χ1v) is 11.0. The van der Waals surface area contributed by atoms with Crippen molar-refractivity contribution in [2.24, 2.45) is 17.8 Å². The van der Waals surface area contributed by atoms with E-state index in [4.69, 9.17) is 0 Å². The first-order valence-electron chi connectivity index (χ1n) is 11.0. The van der Waals surface area contributed by atoms with Gasteiger partial charge in [0.05, 0.1) is 0 Å². The second-order valence-corrected chi connectivity index (χ2v) is 8.66. The van der Waals surface area contributed by atoms with E-state index in [9.17, 15) is 9.59 Å². The van der Waals surface area contributed by atoms with E-state index in [1.807, 2.05) is 25.7 Å². The van der Waals surface area contributed by atoms with Crippen LogP contribution in [-0.2, 0) is 9.59 Å². The van der Waals surface area contributed by atoms with Crippen molar-refractivity contribution in [3.63, 3.8) is 0 Å². The molecular weight excluding hydrogens is 340 g/mol. The zero-order valence-electron chi connectivity index (χ0n) is 17.6. The zero-order chi connectivity index (χ0) is 19.6. The molecule has 0 bridgehead atoms. The van der Waals surface area contributed by atoms with Crippen LogP contribution in [0.2, 0.25) is 0 Å². The highest BCUT2D eigenvalue weighted by Gasteiger charge is 2.22. The molecule has 0 aromatic heterocycles. The van der Waals surface area contributed by atoms with Crippen LogP contribution in [0.15, 0.2) is 0 Å². The highest BCUT2D eigenvalue weighted by Crippen LogP contribution is 2.13. The Hall–Kier alpha value is -1.14. The second kappa shape index (κ2) is 11.6. The molecule has 1 atom stereocenters. The first kappa shape index (κ1) is 22.2. The standard InChI is InChI=1S/C21H40N4O2/c1-17(2)21(27)25(15-14-24-11-4-5-12-24)13-8-18(3)20(26)23-16-19-6-9-22-10-7-19/h17-19,22H,4-16H2,1-3H3,(H,23,26). The van der Waals surface area contributed by atoms with Crippen LogP contribution < -0.4 is 10.6 Å². The molecule has 0 aromatic carbocycles. The van der Waals surface area contributed by atoms with Crippen molar-refractivity contribution in [1.82, 2.24) is 20.4 Å². The molecule has 6 heteroatoms. The smallest absolute Gasteiger partial charge is 0.225 e. The molecule has 27 heavy (non-hydrogen) atoms. The summed E-state index contributed by atoms with van der Waals surface area (Å²) >= 11 is 0. The molecule has 156 valence electrons. The Kier molecular flexibility index (Phi) is 9.56. The van der Waals surface area contributed by atoms with Crippen molar-refractivity contribution in [3.05, 3.63) is 0 Å². The summed E-state index contributed by atoms with van der Waals surface area (Å²) in [5, 5.41) is 6.48. The lowest BCUT2D eigenvalue weighted by Gasteiger charge is -2.28. The maximum Gasteiger partial charge on any atom is 0.225 e. The summed E-state index contributed by atoms with van der Waals surface area (Å²) < 4.78 is 0. The first-order chi connectivity index (χ1) is 13.0. The molecule has 2 aliphatic heterocycles. The van der Waals surface area contributed by atoms with Crippen LogP contribution in [0.25, 0.3) is 0 Å². The summed E-state index contributed by atoms with van der Waals surface area (Å²) in [5.74, 6) is 0.886. The van der Waals surface area contributed by atoms with Crippen molar-refractivity contribution < 1.29 is 9.59 Å².